The first-order valence-electron chi connectivity index (χ1n) is 9.29. The summed E-state index contributed by atoms with van der Waals surface area (Å²) in [5.74, 6) is 1.33. The van der Waals surface area contributed by atoms with Crippen molar-refractivity contribution in [3.05, 3.63) is 59.3 Å². The Labute approximate surface area is 168 Å². The highest BCUT2D eigenvalue weighted by Crippen LogP contribution is 2.37. The van der Waals surface area contributed by atoms with Gasteiger partial charge in [-0.25, -0.2) is 4.98 Å². The van der Waals surface area contributed by atoms with E-state index in [4.69, 9.17) is 9.47 Å². The molecule has 1 aliphatic carbocycles. The molecule has 0 bridgehead atoms. The molecule has 0 spiro atoms. The lowest BCUT2D eigenvalue weighted by Crippen LogP contribution is -2.12. The average molecular weight is 394 g/mol. The summed E-state index contributed by atoms with van der Waals surface area (Å²) >= 11 is 1.41. The molecular weight excluding hydrogens is 372 g/mol. The first-order chi connectivity index (χ1) is 13.7. The standard InChI is InChI=1S/C22H22N2O3S/c1-26-17-9-10-19(27-2)18(12-17)22-23-13-20(28-22)24-21(25)16-8-7-14-5-3-4-6-15(14)11-16/h7-13H,3-6H2,1-2H3,(H,24,25). The Kier molecular flexibility index (Phi) is 5.30. The summed E-state index contributed by atoms with van der Waals surface area (Å²) in [6.07, 6.45) is 6.26. The van der Waals surface area contributed by atoms with Crippen molar-refractivity contribution in [2.75, 3.05) is 19.5 Å². The largest absolute Gasteiger partial charge is 0.497 e. The molecule has 0 fully saturated rings. The number of thiazole rings is 1. The fraction of sp³-hybridized carbons (Fsp3) is 0.273. The lowest BCUT2D eigenvalue weighted by atomic mass is 9.90. The number of aryl methyl sites for hydroxylation is 2. The first kappa shape index (κ1) is 18.5. The molecule has 0 atom stereocenters. The molecule has 1 aromatic heterocycles. The van der Waals surface area contributed by atoms with Crippen LogP contribution in [0.3, 0.4) is 0 Å². The number of nitrogens with one attached hydrogen (secondary N) is 1. The van der Waals surface area contributed by atoms with Gasteiger partial charge in [-0.1, -0.05) is 17.4 Å². The van der Waals surface area contributed by atoms with E-state index in [-0.39, 0.29) is 5.91 Å². The van der Waals surface area contributed by atoms with Gasteiger partial charge in [-0.15, -0.1) is 0 Å². The number of amides is 1. The third kappa shape index (κ3) is 3.73. The van der Waals surface area contributed by atoms with Crippen LogP contribution in [0, 0.1) is 0 Å². The SMILES string of the molecule is COc1ccc(OC)c(-c2ncc(NC(=O)c3ccc4c(c3)CCCC4)s2)c1. The van der Waals surface area contributed by atoms with Crippen LogP contribution in [0.2, 0.25) is 0 Å². The quantitative estimate of drug-likeness (QED) is 0.665. The number of carbonyl (C=O) groups is 1. The number of aromatic nitrogens is 1. The van der Waals surface area contributed by atoms with E-state index in [1.807, 2.05) is 30.3 Å². The number of benzene rings is 2. The van der Waals surface area contributed by atoms with Gasteiger partial charge in [-0.05, 0) is 67.1 Å². The van der Waals surface area contributed by atoms with E-state index >= 15 is 0 Å². The summed E-state index contributed by atoms with van der Waals surface area (Å²) in [7, 11) is 3.25. The zero-order chi connectivity index (χ0) is 19.5. The zero-order valence-electron chi connectivity index (χ0n) is 16.0. The molecule has 1 heterocycles. The number of nitrogens with zero attached hydrogens (tertiary/aromatic N) is 1. The number of rotatable bonds is 5. The number of methoxy groups -OCH3 is 2. The van der Waals surface area contributed by atoms with Gasteiger partial charge in [0.25, 0.3) is 5.91 Å². The van der Waals surface area contributed by atoms with E-state index in [0.717, 1.165) is 29.2 Å². The molecule has 4 rings (SSSR count). The highest BCUT2D eigenvalue weighted by atomic mass is 32.1. The predicted molar refractivity (Wildman–Crippen MR) is 112 cm³/mol. The lowest BCUT2D eigenvalue weighted by Gasteiger charge is -2.16. The number of hydrogen-bond acceptors (Lipinski definition) is 5. The van der Waals surface area contributed by atoms with Crippen LogP contribution in [0.1, 0.15) is 34.3 Å². The fourth-order valence-electron chi connectivity index (χ4n) is 3.50. The molecule has 6 heteroatoms. The van der Waals surface area contributed by atoms with Crippen molar-refractivity contribution in [3.63, 3.8) is 0 Å². The molecule has 1 amide bonds. The minimum absolute atomic E-state index is 0.110. The highest BCUT2D eigenvalue weighted by molar-refractivity contribution is 7.19. The molecule has 0 radical (unpaired) electrons. The maximum atomic E-state index is 12.7. The van der Waals surface area contributed by atoms with Gasteiger partial charge >= 0.3 is 0 Å². The summed E-state index contributed by atoms with van der Waals surface area (Å²) in [6.45, 7) is 0. The third-order valence-electron chi connectivity index (χ3n) is 4.99. The fourth-order valence-corrected chi connectivity index (χ4v) is 4.33. The van der Waals surface area contributed by atoms with E-state index in [2.05, 4.69) is 16.4 Å². The Morgan fingerprint density at radius 1 is 1.04 bits per heavy atom. The van der Waals surface area contributed by atoms with Gasteiger partial charge < -0.3 is 14.8 Å². The molecule has 0 unspecified atom stereocenters. The molecule has 0 saturated heterocycles. The summed E-state index contributed by atoms with van der Waals surface area (Å²) in [6, 6.07) is 11.6. The first-order valence-corrected chi connectivity index (χ1v) is 10.1. The van der Waals surface area contributed by atoms with Crippen LogP contribution in [0.5, 0.6) is 11.5 Å². The van der Waals surface area contributed by atoms with Crippen molar-refractivity contribution in [2.24, 2.45) is 0 Å². The number of ether oxygens (including phenoxy) is 2. The van der Waals surface area contributed by atoms with E-state index in [1.54, 1.807) is 20.4 Å². The Morgan fingerprint density at radius 2 is 1.86 bits per heavy atom. The average Bonchev–Trinajstić information content (AvgIpc) is 3.21. The molecular formula is C22H22N2O3S. The molecule has 1 N–H and O–H groups in total. The van der Waals surface area contributed by atoms with E-state index in [0.29, 0.717) is 16.3 Å². The van der Waals surface area contributed by atoms with Gasteiger partial charge in [0.1, 0.15) is 21.5 Å². The van der Waals surface area contributed by atoms with Crippen LogP contribution in [0.25, 0.3) is 10.6 Å². The molecule has 3 aromatic rings. The summed E-state index contributed by atoms with van der Waals surface area (Å²) in [5.41, 5.74) is 4.19. The second kappa shape index (κ2) is 8.02. The summed E-state index contributed by atoms with van der Waals surface area (Å²) in [5, 5.41) is 4.42. The van der Waals surface area contributed by atoms with E-state index in [1.165, 1.54) is 35.3 Å². The van der Waals surface area contributed by atoms with Crippen molar-refractivity contribution >= 4 is 22.2 Å². The molecule has 28 heavy (non-hydrogen) atoms. The highest BCUT2D eigenvalue weighted by Gasteiger charge is 2.16. The number of hydrogen-bond donors (Lipinski definition) is 1. The van der Waals surface area contributed by atoms with Crippen molar-refractivity contribution < 1.29 is 14.3 Å². The number of carbonyl (C=O) groups excluding carboxylic acids is 1. The van der Waals surface area contributed by atoms with Gasteiger partial charge in [-0.2, -0.15) is 0 Å². The van der Waals surface area contributed by atoms with Crippen molar-refractivity contribution in [1.29, 1.82) is 0 Å². The van der Waals surface area contributed by atoms with Gasteiger partial charge in [0.15, 0.2) is 0 Å². The Morgan fingerprint density at radius 3 is 2.64 bits per heavy atom. The smallest absolute Gasteiger partial charge is 0.256 e. The minimum atomic E-state index is -0.110. The van der Waals surface area contributed by atoms with Crippen LogP contribution in [0.4, 0.5) is 5.00 Å². The van der Waals surface area contributed by atoms with Crippen molar-refractivity contribution in [1.82, 2.24) is 4.98 Å². The van der Waals surface area contributed by atoms with E-state index in [9.17, 15) is 4.79 Å². The van der Waals surface area contributed by atoms with Gasteiger partial charge in [0.05, 0.1) is 26.0 Å². The van der Waals surface area contributed by atoms with E-state index < -0.39 is 0 Å². The maximum Gasteiger partial charge on any atom is 0.256 e. The molecule has 0 aliphatic heterocycles. The Hall–Kier alpha value is -2.86. The van der Waals surface area contributed by atoms with Gasteiger partial charge in [0, 0.05) is 5.56 Å². The van der Waals surface area contributed by atoms with Crippen LogP contribution < -0.4 is 14.8 Å². The molecule has 5 nitrogen and oxygen atoms in total. The number of fused-ring (bicyclic) bond motifs is 1. The molecule has 1 aliphatic rings. The maximum absolute atomic E-state index is 12.7. The van der Waals surface area contributed by atoms with Gasteiger partial charge in [0.2, 0.25) is 0 Å². The second-order valence-electron chi connectivity index (χ2n) is 6.74. The minimum Gasteiger partial charge on any atom is -0.497 e. The normalized spacial score (nSPS) is 12.9. The van der Waals surface area contributed by atoms with Crippen LogP contribution in [-0.4, -0.2) is 25.1 Å². The van der Waals surface area contributed by atoms with Crippen LogP contribution >= 0.6 is 11.3 Å². The monoisotopic (exact) mass is 394 g/mol. The van der Waals surface area contributed by atoms with Crippen molar-refractivity contribution in [3.8, 4) is 22.1 Å². The summed E-state index contributed by atoms with van der Waals surface area (Å²) < 4.78 is 10.7. The molecule has 0 saturated carbocycles. The topological polar surface area (TPSA) is 60.5 Å². The van der Waals surface area contributed by atoms with Crippen LogP contribution in [-0.2, 0) is 12.8 Å². The lowest BCUT2D eigenvalue weighted by molar-refractivity contribution is 0.102. The Balaban J connectivity index is 1.55. The summed E-state index contributed by atoms with van der Waals surface area (Å²) in [4.78, 5) is 17.1. The third-order valence-corrected chi connectivity index (χ3v) is 5.94. The van der Waals surface area contributed by atoms with Gasteiger partial charge in [-0.3, -0.25) is 4.79 Å². The Bertz CT molecular complexity index is 1010. The van der Waals surface area contributed by atoms with Crippen LogP contribution in [0.15, 0.2) is 42.6 Å². The molecule has 144 valence electrons. The predicted octanol–water partition coefficient (Wildman–Crippen LogP) is 4.96. The number of anilines is 1. The van der Waals surface area contributed by atoms with Crippen molar-refractivity contribution in [2.45, 2.75) is 25.7 Å². The zero-order valence-corrected chi connectivity index (χ0v) is 16.8. The second-order valence-corrected chi connectivity index (χ2v) is 7.77. The molecule has 2 aromatic carbocycles.